The summed E-state index contributed by atoms with van der Waals surface area (Å²) in [4.78, 5) is 39.1. The van der Waals surface area contributed by atoms with E-state index in [-0.39, 0.29) is 29.8 Å². The normalized spacial score (nSPS) is 18.3. The SMILES string of the molecule is CCC(C)C(C(=O)N1CCN(C(c2ccccc2)c2ccccc2)CC1)N1C(=O)c2ccccc2C1c1c(C)[nH]c2ccccc12. The highest BCUT2D eigenvalue weighted by Crippen LogP contribution is 2.45. The lowest BCUT2D eigenvalue weighted by atomic mass is 9.91. The Hall–Kier alpha value is -4.68. The molecule has 7 rings (SSSR count). The number of aromatic amines is 1. The molecule has 0 aliphatic carbocycles. The number of carbonyl (C=O) groups excluding carboxylic acids is 2. The quantitative estimate of drug-likeness (QED) is 0.200. The molecule has 1 saturated heterocycles. The molecule has 3 heterocycles. The van der Waals surface area contributed by atoms with Gasteiger partial charge in [-0.15, -0.1) is 0 Å². The first-order valence-corrected chi connectivity index (χ1v) is 16.6. The lowest BCUT2D eigenvalue weighted by Crippen LogP contribution is -2.57. The van der Waals surface area contributed by atoms with Crippen molar-refractivity contribution >= 4 is 22.7 Å². The standard InChI is InChI=1S/C40H42N4O2/c1-4-27(2)36(40(46)43-25-23-42(24-26-43)37(29-15-7-5-8-16-29)30-17-9-6-10-18-30)44-38(31-19-11-12-20-32(31)39(44)45)35-28(3)41-34-22-14-13-21-33(34)35/h5-22,27,36-38,41H,4,23-26H2,1-3H3. The Morgan fingerprint density at radius 1 is 0.804 bits per heavy atom. The van der Waals surface area contributed by atoms with E-state index >= 15 is 0 Å². The van der Waals surface area contributed by atoms with Crippen molar-refractivity contribution in [2.24, 2.45) is 5.92 Å². The van der Waals surface area contributed by atoms with Crippen molar-refractivity contribution in [2.75, 3.05) is 26.2 Å². The Morgan fingerprint density at radius 2 is 1.39 bits per heavy atom. The van der Waals surface area contributed by atoms with Crippen molar-refractivity contribution in [3.63, 3.8) is 0 Å². The Morgan fingerprint density at radius 3 is 2.04 bits per heavy atom. The molecule has 1 aromatic heterocycles. The van der Waals surface area contributed by atoms with Crippen LogP contribution in [0.1, 0.15) is 70.7 Å². The summed E-state index contributed by atoms with van der Waals surface area (Å²) in [6.07, 6.45) is 0.792. The van der Waals surface area contributed by atoms with E-state index in [0.29, 0.717) is 18.7 Å². The maximum absolute atomic E-state index is 14.8. The minimum absolute atomic E-state index is 0.0156. The largest absolute Gasteiger partial charge is 0.358 e. The average molecular weight is 611 g/mol. The molecule has 3 unspecified atom stereocenters. The minimum Gasteiger partial charge on any atom is -0.358 e. The molecule has 3 atom stereocenters. The topological polar surface area (TPSA) is 59.7 Å². The highest BCUT2D eigenvalue weighted by atomic mass is 16.2. The van der Waals surface area contributed by atoms with Crippen LogP contribution < -0.4 is 0 Å². The number of benzene rings is 4. The fourth-order valence-electron chi connectivity index (χ4n) is 7.70. The monoisotopic (exact) mass is 610 g/mol. The first-order valence-electron chi connectivity index (χ1n) is 16.6. The van der Waals surface area contributed by atoms with Crippen LogP contribution in [0.15, 0.2) is 109 Å². The number of rotatable bonds is 8. The smallest absolute Gasteiger partial charge is 0.255 e. The minimum atomic E-state index is -0.575. The van der Waals surface area contributed by atoms with Crippen molar-refractivity contribution in [3.05, 3.63) is 143 Å². The van der Waals surface area contributed by atoms with Crippen molar-refractivity contribution in [3.8, 4) is 0 Å². The fraction of sp³-hybridized carbons (Fsp3) is 0.300. The zero-order valence-electron chi connectivity index (χ0n) is 26.9. The molecule has 0 radical (unpaired) electrons. The van der Waals surface area contributed by atoms with Gasteiger partial charge in [-0.3, -0.25) is 14.5 Å². The molecule has 0 spiro atoms. The maximum Gasteiger partial charge on any atom is 0.255 e. The van der Waals surface area contributed by atoms with Gasteiger partial charge in [0, 0.05) is 53.9 Å². The van der Waals surface area contributed by atoms with E-state index in [1.165, 1.54) is 11.1 Å². The zero-order chi connectivity index (χ0) is 31.8. The number of amides is 2. The van der Waals surface area contributed by atoms with E-state index in [1.54, 1.807) is 0 Å². The van der Waals surface area contributed by atoms with Crippen LogP contribution in [0.25, 0.3) is 10.9 Å². The van der Waals surface area contributed by atoms with Gasteiger partial charge in [0.15, 0.2) is 0 Å². The van der Waals surface area contributed by atoms with E-state index in [9.17, 15) is 9.59 Å². The molecule has 0 bridgehead atoms. The summed E-state index contributed by atoms with van der Waals surface area (Å²) in [5.74, 6) is -0.0254. The van der Waals surface area contributed by atoms with Crippen molar-refractivity contribution < 1.29 is 9.59 Å². The van der Waals surface area contributed by atoms with Gasteiger partial charge < -0.3 is 14.8 Å². The molecule has 1 N–H and O–H groups in total. The van der Waals surface area contributed by atoms with Gasteiger partial charge in [-0.25, -0.2) is 0 Å². The summed E-state index contributed by atoms with van der Waals surface area (Å²) < 4.78 is 0. The third-order valence-electron chi connectivity index (χ3n) is 10.2. The molecule has 2 aliphatic rings. The number of nitrogens with zero attached hydrogens (tertiary/aromatic N) is 3. The van der Waals surface area contributed by atoms with E-state index in [2.05, 4.69) is 110 Å². The molecule has 6 nitrogen and oxygen atoms in total. The third kappa shape index (κ3) is 5.21. The molecule has 1 fully saturated rings. The summed E-state index contributed by atoms with van der Waals surface area (Å²) >= 11 is 0. The van der Waals surface area contributed by atoms with Gasteiger partial charge in [0.05, 0.1) is 12.1 Å². The van der Waals surface area contributed by atoms with Crippen LogP contribution in [0.2, 0.25) is 0 Å². The molecule has 5 aromatic rings. The number of H-pyrrole nitrogens is 1. The highest BCUT2D eigenvalue weighted by Gasteiger charge is 2.48. The molecule has 6 heteroatoms. The highest BCUT2D eigenvalue weighted by molar-refractivity contribution is 6.03. The molecular formula is C40H42N4O2. The molecule has 2 aliphatic heterocycles. The number of carbonyl (C=O) groups is 2. The third-order valence-corrected chi connectivity index (χ3v) is 10.2. The predicted octanol–water partition coefficient (Wildman–Crippen LogP) is 7.37. The van der Waals surface area contributed by atoms with Gasteiger partial charge in [0.25, 0.3) is 5.91 Å². The summed E-state index contributed by atoms with van der Waals surface area (Å²) in [6.45, 7) is 9.07. The van der Waals surface area contributed by atoms with E-state index < -0.39 is 6.04 Å². The number of piperazine rings is 1. The second kappa shape index (κ2) is 12.6. The Labute approximate surface area is 271 Å². The van der Waals surface area contributed by atoms with Crippen LogP contribution in [-0.2, 0) is 4.79 Å². The van der Waals surface area contributed by atoms with Gasteiger partial charge in [-0.1, -0.05) is 117 Å². The molecule has 234 valence electrons. The summed E-state index contributed by atoms with van der Waals surface area (Å²) in [5, 5.41) is 1.09. The summed E-state index contributed by atoms with van der Waals surface area (Å²) in [6, 6.07) is 36.6. The van der Waals surface area contributed by atoms with Gasteiger partial charge >= 0.3 is 0 Å². The van der Waals surface area contributed by atoms with E-state index in [0.717, 1.165) is 47.2 Å². The van der Waals surface area contributed by atoms with Crippen LogP contribution in [-0.4, -0.2) is 63.7 Å². The summed E-state index contributed by atoms with van der Waals surface area (Å²) in [7, 11) is 0. The first kappa shape index (κ1) is 30.0. The van der Waals surface area contributed by atoms with E-state index in [1.807, 2.05) is 40.1 Å². The Balaban J connectivity index is 1.21. The van der Waals surface area contributed by atoms with Crippen molar-refractivity contribution in [1.29, 1.82) is 0 Å². The van der Waals surface area contributed by atoms with Gasteiger partial charge in [0.1, 0.15) is 6.04 Å². The number of hydrogen-bond donors (Lipinski definition) is 1. The average Bonchev–Trinajstić information content (AvgIpc) is 3.58. The van der Waals surface area contributed by atoms with Crippen LogP contribution in [0.3, 0.4) is 0 Å². The number of nitrogens with one attached hydrogen (secondary N) is 1. The second-order valence-corrected chi connectivity index (χ2v) is 12.8. The molecule has 2 amide bonds. The lowest BCUT2D eigenvalue weighted by Gasteiger charge is -2.43. The van der Waals surface area contributed by atoms with Crippen LogP contribution in [0.4, 0.5) is 0 Å². The van der Waals surface area contributed by atoms with Crippen LogP contribution >= 0.6 is 0 Å². The van der Waals surface area contributed by atoms with Gasteiger partial charge in [0.2, 0.25) is 5.91 Å². The molecule has 0 saturated carbocycles. The van der Waals surface area contributed by atoms with Crippen molar-refractivity contribution in [1.82, 2.24) is 19.7 Å². The van der Waals surface area contributed by atoms with Crippen LogP contribution in [0, 0.1) is 12.8 Å². The maximum atomic E-state index is 14.8. The molecule has 46 heavy (non-hydrogen) atoms. The van der Waals surface area contributed by atoms with Gasteiger partial charge in [-0.05, 0) is 41.7 Å². The predicted molar refractivity (Wildman–Crippen MR) is 184 cm³/mol. The lowest BCUT2D eigenvalue weighted by molar-refractivity contribution is -0.140. The number of fused-ring (bicyclic) bond motifs is 2. The second-order valence-electron chi connectivity index (χ2n) is 12.8. The number of aryl methyl sites for hydroxylation is 1. The first-order chi connectivity index (χ1) is 22.5. The zero-order valence-corrected chi connectivity index (χ0v) is 26.9. The van der Waals surface area contributed by atoms with Crippen molar-refractivity contribution in [2.45, 2.75) is 45.3 Å². The number of hydrogen-bond acceptors (Lipinski definition) is 3. The molecular weight excluding hydrogens is 568 g/mol. The Kier molecular flexibility index (Phi) is 8.22. The fourth-order valence-corrected chi connectivity index (χ4v) is 7.70. The van der Waals surface area contributed by atoms with Gasteiger partial charge in [-0.2, -0.15) is 0 Å². The number of aromatic nitrogens is 1. The Bertz CT molecular complexity index is 1800. The molecule has 4 aromatic carbocycles. The van der Waals surface area contributed by atoms with E-state index in [4.69, 9.17) is 0 Å². The number of para-hydroxylation sites is 1. The van der Waals surface area contributed by atoms with Crippen LogP contribution in [0.5, 0.6) is 0 Å². The summed E-state index contributed by atoms with van der Waals surface area (Å²) in [5.41, 5.74) is 7.31.